The number of hydrogen-bond acceptors (Lipinski definition) is 4. The van der Waals surface area contributed by atoms with E-state index >= 15 is 0 Å². The summed E-state index contributed by atoms with van der Waals surface area (Å²) < 4.78 is 2.07. The predicted octanol–water partition coefficient (Wildman–Crippen LogP) is 3.51. The maximum atomic E-state index is 6.13. The monoisotopic (exact) mass is 311 g/mol. The van der Waals surface area contributed by atoms with Crippen LogP contribution < -0.4 is 5.32 Å². The average Bonchev–Trinajstić information content (AvgIpc) is 2.93. The van der Waals surface area contributed by atoms with E-state index in [4.69, 9.17) is 11.6 Å². The van der Waals surface area contributed by atoms with E-state index in [0.717, 1.165) is 35.3 Å². The van der Waals surface area contributed by atoms with Crippen LogP contribution in [0.1, 0.15) is 18.7 Å². The molecule has 1 aliphatic rings. The minimum atomic E-state index is 0.233. The van der Waals surface area contributed by atoms with Crippen molar-refractivity contribution >= 4 is 17.3 Å². The molecule has 3 heterocycles. The normalized spacial score (nSPS) is 16.4. The van der Waals surface area contributed by atoms with Gasteiger partial charge < -0.3 is 5.32 Å². The van der Waals surface area contributed by atoms with Gasteiger partial charge >= 0.3 is 0 Å². The number of nitrogens with zero attached hydrogens (tertiary/aromatic N) is 4. The molecule has 1 atom stereocenters. The van der Waals surface area contributed by atoms with Crippen LogP contribution in [0.2, 0.25) is 5.02 Å². The second-order valence-electron chi connectivity index (χ2n) is 5.38. The Morgan fingerprint density at radius 1 is 1.23 bits per heavy atom. The van der Waals surface area contributed by atoms with E-state index in [1.807, 2.05) is 36.4 Å². The summed E-state index contributed by atoms with van der Waals surface area (Å²) in [6.45, 7) is 2.91. The quantitative estimate of drug-likeness (QED) is 0.747. The zero-order valence-electron chi connectivity index (χ0n) is 12.0. The van der Waals surface area contributed by atoms with E-state index in [1.165, 1.54) is 0 Å². The summed E-state index contributed by atoms with van der Waals surface area (Å²) in [5.41, 5.74) is 2.78. The maximum Gasteiger partial charge on any atom is 0.187 e. The lowest BCUT2D eigenvalue weighted by Crippen LogP contribution is -2.09. The first-order valence-corrected chi connectivity index (χ1v) is 7.52. The second kappa shape index (κ2) is 5.10. The minimum absolute atomic E-state index is 0.233. The molecule has 0 fully saturated rings. The van der Waals surface area contributed by atoms with Crippen LogP contribution in [0.5, 0.6) is 0 Å². The predicted molar refractivity (Wildman–Crippen MR) is 86.5 cm³/mol. The second-order valence-corrected chi connectivity index (χ2v) is 5.81. The smallest absolute Gasteiger partial charge is 0.187 e. The zero-order valence-corrected chi connectivity index (χ0v) is 12.7. The highest BCUT2D eigenvalue weighted by Crippen LogP contribution is 2.34. The van der Waals surface area contributed by atoms with Gasteiger partial charge in [0.15, 0.2) is 5.82 Å². The van der Waals surface area contributed by atoms with Crippen LogP contribution in [-0.4, -0.2) is 26.3 Å². The first-order valence-electron chi connectivity index (χ1n) is 7.14. The van der Waals surface area contributed by atoms with Crippen LogP contribution in [0.3, 0.4) is 0 Å². The highest BCUT2D eigenvalue weighted by Gasteiger charge is 2.25. The van der Waals surface area contributed by atoms with Crippen molar-refractivity contribution in [2.75, 3.05) is 11.9 Å². The van der Waals surface area contributed by atoms with E-state index in [2.05, 4.69) is 32.0 Å². The Kier molecular flexibility index (Phi) is 3.08. The molecule has 1 N–H and O–H groups in total. The molecule has 0 radical (unpaired) electrons. The molecule has 0 unspecified atom stereocenters. The molecule has 0 bridgehead atoms. The first kappa shape index (κ1) is 13.3. The standard InChI is InChI=1S/C16H14ClN5/c1-10-9-19-13-8-11(17)5-6-14(13)22-15(10)20-21-16(22)12-4-2-3-7-18-12/h2-8,10,19H,9H2,1H3/t10-/m0/s1. The van der Waals surface area contributed by atoms with E-state index in [1.54, 1.807) is 6.20 Å². The molecular formula is C16H14ClN5. The average molecular weight is 312 g/mol. The van der Waals surface area contributed by atoms with Crippen LogP contribution in [0.4, 0.5) is 5.69 Å². The molecule has 4 rings (SSSR count). The molecule has 0 amide bonds. The third-order valence-electron chi connectivity index (χ3n) is 3.82. The number of nitrogens with one attached hydrogen (secondary N) is 1. The number of benzene rings is 1. The molecule has 1 aliphatic heterocycles. The molecule has 0 saturated heterocycles. The van der Waals surface area contributed by atoms with Crippen LogP contribution in [0.15, 0.2) is 42.6 Å². The molecule has 110 valence electrons. The van der Waals surface area contributed by atoms with E-state index in [9.17, 15) is 0 Å². The van der Waals surface area contributed by atoms with Gasteiger partial charge in [0.25, 0.3) is 0 Å². The minimum Gasteiger partial charge on any atom is -0.383 e. The van der Waals surface area contributed by atoms with Gasteiger partial charge in [-0.2, -0.15) is 0 Å². The molecule has 0 saturated carbocycles. The topological polar surface area (TPSA) is 55.6 Å². The number of pyridine rings is 1. The lowest BCUT2D eigenvalue weighted by molar-refractivity contribution is 0.725. The Morgan fingerprint density at radius 2 is 2.14 bits per heavy atom. The fourth-order valence-corrected chi connectivity index (χ4v) is 2.89. The highest BCUT2D eigenvalue weighted by atomic mass is 35.5. The Labute approximate surface area is 133 Å². The van der Waals surface area contributed by atoms with Crippen molar-refractivity contribution in [2.24, 2.45) is 0 Å². The van der Waals surface area contributed by atoms with Gasteiger partial charge in [-0.15, -0.1) is 10.2 Å². The first-order chi connectivity index (χ1) is 10.7. The molecule has 5 nitrogen and oxygen atoms in total. The van der Waals surface area contributed by atoms with Crippen molar-refractivity contribution in [2.45, 2.75) is 12.8 Å². The Morgan fingerprint density at radius 3 is 2.95 bits per heavy atom. The number of rotatable bonds is 1. The van der Waals surface area contributed by atoms with Crippen LogP contribution in [0.25, 0.3) is 17.2 Å². The fraction of sp³-hybridized carbons (Fsp3) is 0.188. The van der Waals surface area contributed by atoms with Crippen LogP contribution in [-0.2, 0) is 0 Å². The summed E-state index contributed by atoms with van der Waals surface area (Å²) in [5.74, 6) is 1.90. The number of fused-ring (bicyclic) bond motifs is 3. The van der Waals surface area contributed by atoms with Gasteiger partial charge in [-0.3, -0.25) is 9.55 Å². The van der Waals surface area contributed by atoms with Gasteiger partial charge in [-0.25, -0.2) is 0 Å². The van der Waals surface area contributed by atoms with Crippen molar-refractivity contribution in [3.8, 4) is 17.2 Å². The molecule has 0 aliphatic carbocycles. The molecule has 22 heavy (non-hydrogen) atoms. The lowest BCUT2D eigenvalue weighted by atomic mass is 10.1. The van der Waals surface area contributed by atoms with Crippen LogP contribution in [0, 0.1) is 0 Å². The van der Waals surface area contributed by atoms with Crippen molar-refractivity contribution in [1.29, 1.82) is 0 Å². The Balaban J connectivity index is 2.00. The van der Waals surface area contributed by atoms with Gasteiger partial charge in [0, 0.05) is 23.7 Å². The summed E-state index contributed by atoms with van der Waals surface area (Å²) in [4.78, 5) is 4.41. The van der Waals surface area contributed by atoms with Gasteiger partial charge in [-0.05, 0) is 30.3 Å². The van der Waals surface area contributed by atoms with Crippen LogP contribution >= 0.6 is 11.6 Å². The lowest BCUT2D eigenvalue weighted by Gasteiger charge is -2.12. The number of hydrogen-bond donors (Lipinski definition) is 1. The van der Waals surface area contributed by atoms with Crippen molar-refractivity contribution in [1.82, 2.24) is 19.7 Å². The summed E-state index contributed by atoms with van der Waals surface area (Å²) in [6.07, 6.45) is 1.76. The zero-order chi connectivity index (χ0) is 15.1. The van der Waals surface area contributed by atoms with E-state index in [-0.39, 0.29) is 5.92 Å². The van der Waals surface area contributed by atoms with Gasteiger partial charge in [0.2, 0.25) is 0 Å². The molecule has 1 aromatic carbocycles. The van der Waals surface area contributed by atoms with Crippen molar-refractivity contribution in [3.63, 3.8) is 0 Å². The summed E-state index contributed by atoms with van der Waals surface area (Å²) in [6, 6.07) is 11.6. The van der Waals surface area contributed by atoms with Gasteiger partial charge in [0.1, 0.15) is 11.5 Å². The summed E-state index contributed by atoms with van der Waals surface area (Å²) >= 11 is 6.13. The molecular weight excluding hydrogens is 298 g/mol. The highest BCUT2D eigenvalue weighted by molar-refractivity contribution is 6.31. The largest absolute Gasteiger partial charge is 0.383 e. The fourth-order valence-electron chi connectivity index (χ4n) is 2.71. The van der Waals surface area contributed by atoms with Gasteiger partial charge in [0.05, 0.1) is 11.4 Å². The van der Waals surface area contributed by atoms with Gasteiger partial charge in [-0.1, -0.05) is 24.6 Å². The molecule has 2 aromatic heterocycles. The molecule has 3 aromatic rings. The maximum absolute atomic E-state index is 6.13. The third-order valence-corrected chi connectivity index (χ3v) is 4.06. The Bertz CT molecular complexity index is 828. The molecule has 0 spiro atoms. The molecule has 6 heteroatoms. The van der Waals surface area contributed by atoms with Crippen molar-refractivity contribution < 1.29 is 0 Å². The SMILES string of the molecule is C[C@H]1CNc2cc(Cl)ccc2-n2c(-c3ccccn3)nnc21. The Hall–Kier alpha value is -2.40. The number of aromatic nitrogens is 4. The van der Waals surface area contributed by atoms with E-state index in [0.29, 0.717) is 5.02 Å². The third kappa shape index (κ3) is 2.05. The summed E-state index contributed by atoms with van der Waals surface area (Å²) in [5, 5.41) is 12.9. The summed E-state index contributed by atoms with van der Waals surface area (Å²) in [7, 11) is 0. The van der Waals surface area contributed by atoms with Crippen molar-refractivity contribution in [3.05, 3.63) is 53.4 Å². The number of anilines is 1. The number of halogens is 1. The van der Waals surface area contributed by atoms with E-state index < -0.39 is 0 Å².